The van der Waals surface area contributed by atoms with E-state index in [4.69, 9.17) is 0 Å². The first-order chi connectivity index (χ1) is 11.0. The molecule has 3 rings (SSSR count). The van der Waals surface area contributed by atoms with Gasteiger partial charge >= 0.3 is 0 Å². The normalized spacial score (nSPS) is 18.3. The highest BCUT2D eigenvalue weighted by atomic mass is 16.1. The lowest BCUT2D eigenvalue weighted by atomic mass is 10.0. The lowest BCUT2D eigenvalue weighted by molar-refractivity contribution is -0.114. The monoisotopic (exact) mass is 313 g/mol. The van der Waals surface area contributed by atoms with Crippen LogP contribution in [0.4, 0.5) is 5.69 Å². The van der Waals surface area contributed by atoms with Crippen LogP contribution in [0, 0.1) is 6.92 Å². The highest BCUT2D eigenvalue weighted by Crippen LogP contribution is 2.27. The van der Waals surface area contributed by atoms with Crippen LogP contribution in [0.1, 0.15) is 56.0 Å². The molecule has 6 heteroatoms. The van der Waals surface area contributed by atoms with Crippen molar-refractivity contribution in [3.63, 3.8) is 0 Å². The Balaban J connectivity index is 1.75. The molecule has 0 aliphatic carbocycles. The molecule has 1 aliphatic heterocycles. The zero-order chi connectivity index (χ0) is 16.4. The van der Waals surface area contributed by atoms with Crippen molar-refractivity contribution < 1.29 is 4.79 Å². The van der Waals surface area contributed by atoms with E-state index >= 15 is 0 Å². The van der Waals surface area contributed by atoms with Gasteiger partial charge in [-0.3, -0.25) is 4.79 Å². The smallest absolute Gasteiger partial charge is 0.221 e. The average molecular weight is 313 g/mol. The van der Waals surface area contributed by atoms with E-state index in [1.807, 2.05) is 29.8 Å². The van der Waals surface area contributed by atoms with Crippen molar-refractivity contribution >= 4 is 11.6 Å². The Bertz CT molecular complexity index is 709. The van der Waals surface area contributed by atoms with E-state index in [1.54, 1.807) is 0 Å². The largest absolute Gasteiger partial charge is 0.326 e. The van der Waals surface area contributed by atoms with Crippen molar-refractivity contribution in [1.82, 2.24) is 20.1 Å². The summed E-state index contributed by atoms with van der Waals surface area (Å²) in [7, 11) is 0. The number of nitrogens with zero attached hydrogens (tertiary/aromatic N) is 3. The first-order valence-corrected chi connectivity index (χ1v) is 8.08. The Morgan fingerprint density at radius 2 is 2.26 bits per heavy atom. The molecule has 2 atom stereocenters. The molecule has 0 spiro atoms. The van der Waals surface area contributed by atoms with Gasteiger partial charge in [0.1, 0.15) is 11.6 Å². The lowest BCUT2D eigenvalue weighted by Gasteiger charge is -2.27. The van der Waals surface area contributed by atoms with Gasteiger partial charge in [-0.05, 0) is 44.4 Å². The SMILES string of the molecule is CC(=O)Nc1cccc([C@H](C)N[C@@H]2CCCn3nc(C)nc32)c1. The van der Waals surface area contributed by atoms with Gasteiger partial charge in [-0.1, -0.05) is 12.1 Å². The van der Waals surface area contributed by atoms with Crippen LogP contribution < -0.4 is 10.6 Å². The van der Waals surface area contributed by atoms with Crippen LogP contribution in [0.25, 0.3) is 0 Å². The Kier molecular flexibility index (Phi) is 4.43. The van der Waals surface area contributed by atoms with Crippen molar-refractivity contribution in [3.05, 3.63) is 41.5 Å². The van der Waals surface area contributed by atoms with Crippen LogP contribution in [0.3, 0.4) is 0 Å². The number of carbonyl (C=O) groups is 1. The zero-order valence-corrected chi connectivity index (χ0v) is 13.8. The molecule has 0 saturated heterocycles. The van der Waals surface area contributed by atoms with E-state index in [9.17, 15) is 4.79 Å². The van der Waals surface area contributed by atoms with Gasteiger partial charge in [0, 0.05) is 25.2 Å². The minimum Gasteiger partial charge on any atom is -0.326 e. The Labute approximate surface area is 136 Å². The van der Waals surface area contributed by atoms with Crippen molar-refractivity contribution in [3.8, 4) is 0 Å². The summed E-state index contributed by atoms with van der Waals surface area (Å²) < 4.78 is 2.01. The van der Waals surface area contributed by atoms with Gasteiger partial charge in [0.15, 0.2) is 0 Å². The molecule has 0 radical (unpaired) electrons. The van der Waals surface area contributed by atoms with Gasteiger partial charge in [0.25, 0.3) is 0 Å². The molecule has 23 heavy (non-hydrogen) atoms. The third-order valence-electron chi connectivity index (χ3n) is 4.14. The molecular weight excluding hydrogens is 290 g/mol. The van der Waals surface area contributed by atoms with Crippen LogP contribution >= 0.6 is 0 Å². The fourth-order valence-electron chi connectivity index (χ4n) is 3.11. The standard InChI is InChI=1S/C17H23N5O/c1-11(14-6-4-7-15(10-14)20-13(3)23)18-16-8-5-9-22-17(16)19-12(2)21-22/h4,6-7,10-11,16,18H,5,8-9H2,1-3H3,(H,20,23)/t11-,16+/m0/s1. The fourth-order valence-corrected chi connectivity index (χ4v) is 3.11. The maximum atomic E-state index is 11.2. The Hall–Kier alpha value is -2.21. The number of aryl methyl sites for hydroxylation is 2. The van der Waals surface area contributed by atoms with Crippen molar-refractivity contribution in [2.45, 2.75) is 52.2 Å². The maximum absolute atomic E-state index is 11.2. The number of nitrogens with one attached hydrogen (secondary N) is 2. The van der Waals surface area contributed by atoms with E-state index in [1.165, 1.54) is 6.92 Å². The Morgan fingerprint density at radius 1 is 1.43 bits per heavy atom. The van der Waals surface area contributed by atoms with E-state index < -0.39 is 0 Å². The summed E-state index contributed by atoms with van der Waals surface area (Å²) in [6.07, 6.45) is 2.17. The second-order valence-electron chi connectivity index (χ2n) is 6.13. The van der Waals surface area contributed by atoms with E-state index in [0.717, 1.165) is 42.3 Å². The summed E-state index contributed by atoms with van der Waals surface area (Å²) in [5.74, 6) is 1.80. The molecule has 0 saturated carbocycles. The number of amides is 1. The summed E-state index contributed by atoms with van der Waals surface area (Å²) in [5, 5.41) is 10.9. The van der Waals surface area contributed by atoms with Crippen LogP contribution in [-0.2, 0) is 11.3 Å². The van der Waals surface area contributed by atoms with Crippen LogP contribution in [0.5, 0.6) is 0 Å². The molecule has 1 aromatic carbocycles. The minimum absolute atomic E-state index is 0.0568. The van der Waals surface area contributed by atoms with Crippen LogP contribution in [0.15, 0.2) is 24.3 Å². The molecule has 0 fully saturated rings. The number of aromatic nitrogens is 3. The highest BCUT2D eigenvalue weighted by molar-refractivity contribution is 5.88. The van der Waals surface area contributed by atoms with Crippen LogP contribution in [-0.4, -0.2) is 20.7 Å². The van der Waals surface area contributed by atoms with Crippen molar-refractivity contribution in [2.75, 3.05) is 5.32 Å². The molecule has 0 bridgehead atoms. The highest BCUT2D eigenvalue weighted by Gasteiger charge is 2.25. The molecular formula is C17H23N5O. The molecule has 1 amide bonds. The third kappa shape index (κ3) is 3.59. The van der Waals surface area contributed by atoms with Crippen molar-refractivity contribution in [1.29, 1.82) is 0 Å². The van der Waals surface area contributed by atoms with Gasteiger partial charge in [-0.25, -0.2) is 9.67 Å². The second kappa shape index (κ2) is 6.50. The number of hydrogen-bond acceptors (Lipinski definition) is 4. The molecule has 2 aromatic rings. The van der Waals surface area contributed by atoms with Gasteiger partial charge in [0.05, 0.1) is 6.04 Å². The molecule has 0 unspecified atom stereocenters. The first kappa shape index (κ1) is 15.7. The number of hydrogen-bond donors (Lipinski definition) is 2. The number of anilines is 1. The molecule has 2 heterocycles. The number of fused-ring (bicyclic) bond motifs is 1. The van der Waals surface area contributed by atoms with E-state index in [0.29, 0.717) is 0 Å². The number of benzene rings is 1. The predicted octanol–water partition coefficient (Wildman–Crippen LogP) is 2.73. The number of rotatable bonds is 4. The third-order valence-corrected chi connectivity index (χ3v) is 4.14. The summed E-state index contributed by atoms with van der Waals surface area (Å²) in [5.41, 5.74) is 1.97. The summed E-state index contributed by atoms with van der Waals surface area (Å²) in [6.45, 7) is 6.53. The predicted molar refractivity (Wildman–Crippen MR) is 89.0 cm³/mol. The van der Waals surface area contributed by atoms with Gasteiger partial charge in [0.2, 0.25) is 5.91 Å². The van der Waals surface area contributed by atoms with Crippen LogP contribution in [0.2, 0.25) is 0 Å². The first-order valence-electron chi connectivity index (χ1n) is 8.08. The van der Waals surface area contributed by atoms with Gasteiger partial charge < -0.3 is 10.6 Å². The van der Waals surface area contributed by atoms with Crippen molar-refractivity contribution in [2.24, 2.45) is 0 Å². The molecule has 122 valence electrons. The lowest BCUT2D eigenvalue weighted by Crippen LogP contribution is -2.30. The quantitative estimate of drug-likeness (QED) is 0.910. The minimum atomic E-state index is -0.0568. The topological polar surface area (TPSA) is 71.8 Å². The summed E-state index contributed by atoms with van der Waals surface area (Å²) in [4.78, 5) is 15.8. The Morgan fingerprint density at radius 3 is 3.04 bits per heavy atom. The van der Waals surface area contributed by atoms with Gasteiger partial charge in [-0.15, -0.1) is 0 Å². The number of carbonyl (C=O) groups excluding carboxylic acids is 1. The molecule has 1 aromatic heterocycles. The second-order valence-corrected chi connectivity index (χ2v) is 6.13. The summed E-state index contributed by atoms with van der Waals surface area (Å²) >= 11 is 0. The average Bonchev–Trinajstić information content (AvgIpc) is 2.88. The maximum Gasteiger partial charge on any atom is 0.221 e. The van der Waals surface area contributed by atoms with E-state index in [-0.39, 0.29) is 18.0 Å². The van der Waals surface area contributed by atoms with E-state index in [2.05, 4.69) is 33.7 Å². The molecule has 2 N–H and O–H groups in total. The fraction of sp³-hybridized carbons (Fsp3) is 0.471. The van der Waals surface area contributed by atoms with Gasteiger partial charge in [-0.2, -0.15) is 5.10 Å². The summed E-state index contributed by atoms with van der Waals surface area (Å²) in [6, 6.07) is 8.33. The molecule has 6 nitrogen and oxygen atoms in total. The zero-order valence-electron chi connectivity index (χ0n) is 13.8. The molecule has 1 aliphatic rings.